The van der Waals surface area contributed by atoms with Crippen LogP contribution < -0.4 is 5.32 Å². The van der Waals surface area contributed by atoms with E-state index in [0.29, 0.717) is 6.04 Å². The Morgan fingerprint density at radius 3 is 2.16 bits per heavy atom. The molecule has 19 heavy (non-hydrogen) atoms. The third-order valence-corrected chi connectivity index (χ3v) is 4.01. The molecule has 0 bridgehead atoms. The summed E-state index contributed by atoms with van der Waals surface area (Å²) in [5, 5.41) is 3.66. The lowest BCUT2D eigenvalue weighted by Gasteiger charge is -2.18. The Morgan fingerprint density at radius 1 is 0.895 bits per heavy atom. The van der Waals surface area contributed by atoms with Crippen LogP contribution in [0.5, 0.6) is 0 Å². The SMILES string of the molecule is Cc1cc(C)c(C(C)NCCCCC(C)C)cc1C. The Bertz CT molecular complexity index is 393. The van der Waals surface area contributed by atoms with Crippen LogP contribution in [0, 0.1) is 26.7 Å². The van der Waals surface area contributed by atoms with Crippen LogP contribution >= 0.6 is 0 Å². The van der Waals surface area contributed by atoms with Crippen molar-refractivity contribution in [1.29, 1.82) is 0 Å². The van der Waals surface area contributed by atoms with Crippen LogP contribution in [0.1, 0.15) is 68.3 Å². The Hall–Kier alpha value is -0.820. The van der Waals surface area contributed by atoms with E-state index in [0.717, 1.165) is 12.5 Å². The first kappa shape index (κ1) is 16.2. The minimum absolute atomic E-state index is 0.457. The maximum atomic E-state index is 3.66. The number of unbranched alkanes of at least 4 members (excludes halogenated alkanes) is 1. The molecular weight excluding hydrogens is 230 g/mol. The maximum absolute atomic E-state index is 3.66. The molecular formula is C18H31N. The predicted octanol–water partition coefficient (Wildman–Crippen LogP) is 5.09. The van der Waals surface area contributed by atoms with Gasteiger partial charge in [-0.3, -0.25) is 0 Å². The molecule has 0 aromatic heterocycles. The van der Waals surface area contributed by atoms with Gasteiger partial charge in [0.15, 0.2) is 0 Å². The van der Waals surface area contributed by atoms with Gasteiger partial charge in [0, 0.05) is 6.04 Å². The molecule has 108 valence electrons. The van der Waals surface area contributed by atoms with Crippen molar-refractivity contribution >= 4 is 0 Å². The fourth-order valence-corrected chi connectivity index (χ4v) is 2.56. The van der Waals surface area contributed by atoms with Gasteiger partial charge >= 0.3 is 0 Å². The number of aryl methyl sites for hydroxylation is 3. The number of benzene rings is 1. The summed E-state index contributed by atoms with van der Waals surface area (Å²) in [7, 11) is 0. The molecule has 0 aliphatic rings. The van der Waals surface area contributed by atoms with Crippen molar-refractivity contribution in [1.82, 2.24) is 5.32 Å². The van der Waals surface area contributed by atoms with Gasteiger partial charge < -0.3 is 5.32 Å². The monoisotopic (exact) mass is 261 g/mol. The van der Waals surface area contributed by atoms with E-state index in [1.54, 1.807) is 0 Å². The van der Waals surface area contributed by atoms with E-state index in [2.05, 4.69) is 59.0 Å². The zero-order valence-corrected chi connectivity index (χ0v) is 13.6. The summed E-state index contributed by atoms with van der Waals surface area (Å²) >= 11 is 0. The molecule has 0 radical (unpaired) electrons. The summed E-state index contributed by atoms with van der Waals surface area (Å²) < 4.78 is 0. The Balaban J connectivity index is 2.45. The highest BCUT2D eigenvalue weighted by Gasteiger charge is 2.09. The summed E-state index contributed by atoms with van der Waals surface area (Å²) in [4.78, 5) is 0. The van der Waals surface area contributed by atoms with Gasteiger partial charge in [0.1, 0.15) is 0 Å². The number of nitrogens with one attached hydrogen (secondary N) is 1. The van der Waals surface area contributed by atoms with E-state index in [4.69, 9.17) is 0 Å². The van der Waals surface area contributed by atoms with Crippen molar-refractivity contribution < 1.29 is 0 Å². The molecule has 1 unspecified atom stereocenters. The van der Waals surface area contributed by atoms with E-state index in [9.17, 15) is 0 Å². The second kappa shape index (κ2) is 7.69. The summed E-state index contributed by atoms with van der Waals surface area (Å²) in [6, 6.07) is 5.11. The third-order valence-electron chi connectivity index (χ3n) is 4.01. The molecule has 1 aromatic carbocycles. The Labute approximate surface area is 119 Å². The largest absolute Gasteiger partial charge is 0.310 e. The first-order valence-electron chi connectivity index (χ1n) is 7.73. The van der Waals surface area contributed by atoms with Crippen LogP contribution in [0.25, 0.3) is 0 Å². The zero-order chi connectivity index (χ0) is 14.4. The van der Waals surface area contributed by atoms with Gasteiger partial charge in [0.2, 0.25) is 0 Å². The van der Waals surface area contributed by atoms with Crippen molar-refractivity contribution in [2.24, 2.45) is 5.92 Å². The third kappa shape index (κ3) is 5.36. The smallest absolute Gasteiger partial charge is 0.0294 e. The van der Waals surface area contributed by atoms with Crippen LogP contribution in [0.2, 0.25) is 0 Å². The van der Waals surface area contributed by atoms with E-state index in [1.165, 1.54) is 41.5 Å². The first-order valence-corrected chi connectivity index (χ1v) is 7.73. The molecule has 1 heteroatoms. The van der Waals surface area contributed by atoms with Gasteiger partial charge in [-0.1, -0.05) is 38.8 Å². The Morgan fingerprint density at radius 2 is 1.53 bits per heavy atom. The molecule has 0 fully saturated rings. The number of rotatable bonds is 7. The molecule has 1 N–H and O–H groups in total. The van der Waals surface area contributed by atoms with Crippen molar-refractivity contribution in [3.8, 4) is 0 Å². The second-order valence-corrected chi connectivity index (χ2v) is 6.36. The molecule has 1 rings (SSSR count). The average Bonchev–Trinajstić information content (AvgIpc) is 2.32. The predicted molar refractivity (Wildman–Crippen MR) is 85.8 cm³/mol. The van der Waals surface area contributed by atoms with Crippen LogP contribution in [-0.4, -0.2) is 6.54 Å². The lowest BCUT2D eigenvalue weighted by Crippen LogP contribution is -2.21. The first-order chi connectivity index (χ1) is 8.91. The van der Waals surface area contributed by atoms with Gasteiger partial charge in [-0.05, 0) is 68.8 Å². The summed E-state index contributed by atoms with van der Waals surface area (Å²) in [6.07, 6.45) is 3.97. The molecule has 0 saturated carbocycles. The highest BCUT2D eigenvalue weighted by Crippen LogP contribution is 2.21. The maximum Gasteiger partial charge on any atom is 0.0294 e. The normalized spacial score (nSPS) is 13.0. The molecule has 0 aliphatic heterocycles. The zero-order valence-electron chi connectivity index (χ0n) is 13.6. The molecule has 0 spiro atoms. The fourth-order valence-electron chi connectivity index (χ4n) is 2.56. The molecule has 1 aromatic rings. The molecule has 0 saturated heterocycles. The molecule has 0 heterocycles. The lowest BCUT2D eigenvalue weighted by atomic mass is 9.96. The number of hydrogen-bond acceptors (Lipinski definition) is 1. The summed E-state index contributed by atoms with van der Waals surface area (Å²) in [5.74, 6) is 0.833. The topological polar surface area (TPSA) is 12.0 Å². The minimum atomic E-state index is 0.457. The van der Waals surface area contributed by atoms with Crippen molar-refractivity contribution in [3.05, 3.63) is 34.4 Å². The second-order valence-electron chi connectivity index (χ2n) is 6.36. The van der Waals surface area contributed by atoms with Crippen LogP contribution in [-0.2, 0) is 0 Å². The average molecular weight is 261 g/mol. The van der Waals surface area contributed by atoms with Gasteiger partial charge in [0.25, 0.3) is 0 Å². The molecule has 1 atom stereocenters. The minimum Gasteiger partial charge on any atom is -0.310 e. The quantitative estimate of drug-likeness (QED) is 0.674. The Kier molecular flexibility index (Phi) is 6.57. The van der Waals surface area contributed by atoms with Crippen molar-refractivity contribution in [2.45, 2.75) is 66.8 Å². The van der Waals surface area contributed by atoms with Crippen molar-refractivity contribution in [3.63, 3.8) is 0 Å². The molecule has 0 amide bonds. The van der Waals surface area contributed by atoms with Gasteiger partial charge in [-0.25, -0.2) is 0 Å². The van der Waals surface area contributed by atoms with Crippen LogP contribution in [0.4, 0.5) is 0 Å². The van der Waals surface area contributed by atoms with Crippen LogP contribution in [0.3, 0.4) is 0 Å². The molecule has 1 nitrogen and oxygen atoms in total. The summed E-state index contributed by atoms with van der Waals surface area (Å²) in [6.45, 7) is 14.6. The van der Waals surface area contributed by atoms with Crippen molar-refractivity contribution in [2.75, 3.05) is 6.54 Å². The standard InChI is InChI=1S/C18H31N/c1-13(2)9-7-8-10-19-17(6)18-12-15(4)14(3)11-16(18)5/h11-13,17,19H,7-10H2,1-6H3. The van der Waals surface area contributed by atoms with Gasteiger partial charge in [-0.15, -0.1) is 0 Å². The van der Waals surface area contributed by atoms with E-state index < -0.39 is 0 Å². The fraction of sp³-hybridized carbons (Fsp3) is 0.667. The number of hydrogen-bond donors (Lipinski definition) is 1. The van der Waals surface area contributed by atoms with E-state index in [-0.39, 0.29) is 0 Å². The van der Waals surface area contributed by atoms with Gasteiger partial charge in [-0.2, -0.15) is 0 Å². The summed E-state index contributed by atoms with van der Waals surface area (Å²) in [5.41, 5.74) is 5.65. The van der Waals surface area contributed by atoms with Crippen LogP contribution in [0.15, 0.2) is 12.1 Å². The van der Waals surface area contributed by atoms with E-state index in [1.807, 2.05) is 0 Å². The highest BCUT2D eigenvalue weighted by atomic mass is 14.9. The van der Waals surface area contributed by atoms with E-state index >= 15 is 0 Å². The molecule has 0 aliphatic carbocycles. The highest BCUT2D eigenvalue weighted by molar-refractivity contribution is 5.37. The lowest BCUT2D eigenvalue weighted by molar-refractivity contribution is 0.497. The van der Waals surface area contributed by atoms with Gasteiger partial charge in [0.05, 0.1) is 0 Å².